The Kier molecular flexibility index (Phi) is 8.38. The van der Waals surface area contributed by atoms with Gasteiger partial charge in [0, 0.05) is 32.9 Å². The van der Waals surface area contributed by atoms with Crippen molar-refractivity contribution in [3.8, 4) is 0 Å². The van der Waals surface area contributed by atoms with Crippen LogP contribution in [0.4, 0.5) is 0 Å². The van der Waals surface area contributed by atoms with Gasteiger partial charge in [-0.15, -0.1) is 12.4 Å². The second-order valence-corrected chi connectivity index (χ2v) is 6.79. The number of nitrogens with zero attached hydrogens (tertiary/aromatic N) is 3. The van der Waals surface area contributed by atoms with E-state index in [0.717, 1.165) is 32.4 Å². The first-order valence-corrected chi connectivity index (χ1v) is 8.73. The minimum absolute atomic E-state index is 0. The van der Waals surface area contributed by atoms with Crippen LogP contribution in [-0.4, -0.2) is 52.2 Å². The van der Waals surface area contributed by atoms with Gasteiger partial charge in [-0.05, 0) is 24.7 Å². The molecule has 0 bridgehead atoms. The van der Waals surface area contributed by atoms with Gasteiger partial charge < -0.3 is 16.0 Å². The van der Waals surface area contributed by atoms with Gasteiger partial charge >= 0.3 is 0 Å². The lowest BCUT2D eigenvalue weighted by Gasteiger charge is -2.34. The molecular formula is C17H30ClN5O2. The van der Waals surface area contributed by atoms with Crippen molar-refractivity contribution in [1.29, 1.82) is 0 Å². The van der Waals surface area contributed by atoms with Crippen molar-refractivity contribution in [1.82, 2.24) is 20.0 Å². The summed E-state index contributed by atoms with van der Waals surface area (Å²) < 4.78 is 1.61. The smallest absolute Gasteiger partial charge is 0.254 e. The summed E-state index contributed by atoms with van der Waals surface area (Å²) in [7, 11) is 1.79. The number of carbonyl (C=O) groups excluding carboxylic acids is 2. The van der Waals surface area contributed by atoms with E-state index in [0.29, 0.717) is 18.0 Å². The van der Waals surface area contributed by atoms with Gasteiger partial charge in [0.25, 0.3) is 5.91 Å². The third-order valence-electron chi connectivity index (χ3n) is 4.99. The average Bonchev–Trinajstić information content (AvgIpc) is 3.04. The van der Waals surface area contributed by atoms with Crippen LogP contribution >= 0.6 is 12.4 Å². The molecule has 2 heterocycles. The van der Waals surface area contributed by atoms with Crippen molar-refractivity contribution in [3.05, 3.63) is 18.0 Å². The number of hydrogen-bond acceptors (Lipinski definition) is 4. The Balaban J connectivity index is 0.00000312. The molecule has 3 N–H and O–H groups in total. The van der Waals surface area contributed by atoms with E-state index in [1.54, 1.807) is 24.1 Å². The number of likely N-dealkylation sites (tertiary alicyclic amines) is 1. The van der Waals surface area contributed by atoms with E-state index in [-0.39, 0.29) is 30.1 Å². The van der Waals surface area contributed by atoms with Gasteiger partial charge in [-0.25, -0.2) is 0 Å². The third-order valence-corrected chi connectivity index (χ3v) is 4.99. The van der Waals surface area contributed by atoms with Crippen molar-refractivity contribution < 1.29 is 9.59 Å². The quantitative estimate of drug-likeness (QED) is 0.785. The van der Waals surface area contributed by atoms with E-state index in [1.165, 1.54) is 0 Å². The topological polar surface area (TPSA) is 93.2 Å². The summed E-state index contributed by atoms with van der Waals surface area (Å²) in [6.45, 7) is 6.14. The molecule has 0 spiro atoms. The zero-order valence-electron chi connectivity index (χ0n) is 15.3. The predicted octanol–water partition coefficient (Wildman–Crippen LogP) is 1.18. The molecule has 1 aliphatic heterocycles. The molecule has 0 radical (unpaired) electrons. The SMILES string of the molecule is CCC(C)C(N)C(=O)N1CCC(CNC(=O)c2cnn(C)c2)CC1.Cl. The Morgan fingerprint density at radius 1 is 1.40 bits per heavy atom. The van der Waals surface area contributed by atoms with Crippen LogP contribution in [0.1, 0.15) is 43.5 Å². The fraction of sp³-hybridized carbons (Fsp3) is 0.706. The zero-order chi connectivity index (χ0) is 17.7. The number of nitrogens with two attached hydrogens (primary N) is 1. The number of carbonyl (C=O) groups is 2. The van der Waals surface area contributed by atoms with Crippen molar-refractivity contribution in [2.75, 3.05) is 19.6 Å². The van der Waals surface area contributed by atoms with Gasteiger partial charge in [0.2, 0.25) is 5.91 Å². The van der Waals surface area contributed by atoms with Crippen LogP contribution in [0.2, 0.25) is 0 Å². The van der Waals surface area contributed by atoms with Gasteiger partial charge in [0.1, 0.15) is 0 Å². The number of piperidine rings is 1. The van der Waals surface area contributed by atoms with Gasteiger partial charge in [-0.1, -0.05) is 20.3 Å². The second-order valence-electron chi connectivity index (χ2n) is 6.79. The molecular weight excluding hydrogens is 342 g/mol. The standard InChI is InChI=1S/C17H29N5O2.ClH/c1-4-12(2)15(18)17(24)22-7-5-13(6-8-22)9-19-16(23)14-10-20-21(3)11-14;/h10-13,15H,4-9,18H2,1-3H3,(H,19,23);1H. The molecule has 2 amide bonds. The van der Waals surface area contributed by atoms with Crippen LogP contribution in [0.3, 0.4) is 0 Å². The van der Waals surface area contributed by atoms with Crippen LogP contribution in [-0.2, 0) is 11.8 Å². The molecule has 2 atom stereocenters. The summed E-state index contributed by atoms with van der Waals surface area (Å²) in [4.78, 5) is 26.3. The molecule has 2 rings (SSSR count). The van der Waals surface area contributed by atoms with Crippen LogP contribution < -0.4 is 11.1 Å². The summed E-state index contributed by atoms with van der Waals surface area (Å²) in [5.41, 5.74) is 6.62. The van der Waals surface area contributed by atoms with Crippen molar-refractivity contribution in [2.24, 2.45) is 24.6 Å². The summed E-state index contributed by atoms with van der Waals surface area (Å²) in [6, 6.07) is -0.406. The number of nitrogens with one attached hydrogen (secondary N) is 1. The number of aromatic nitrogens is 2. The third kappa shape index (κ3) is 5.71. The van der Waals surface area contributed by atoms with Crippen LogP contribution in [0.25, 0.3) is 0 Å². The summed E-state index contributed by atoms with van der Waals surface area (Å²) in [5.74, 6) is 0.561. The first-order chi connectivity index (χ1) is 11.4. The largest absolute Gasteiger partial charge is 0.352 e. The normalized spacial score (nSPS) is 17.5. The van der Waals surface area contributed by atoms with Gasteiger partial charge in [0.05, 0.1) is 17.8 Å². The Morgan fingerprint density at radius 2 is 2.04 bits per heavy atom. The van der Waals surface area contributed by atoms with Crippen molar-refractivity contribution in [3.63, 3.8) is 0 Å². The highest BCUT2D eigenvalue weighted by atomic mass is 35.5. The summed E-state index contributed by atoms with van der Waals surface area (Å²) in [5, 5.41) is 6.96. The number of hydrogen-bond donors (Lipinski definition) is 2. The molecule has 7 nitrogen and oxygen atoms in total. The molecule has 0 aromatic carbocycles. The number of rotatable bonds is 6. The first-order valence-electron chi connectivity index (χ1n) is 8.73. The molecule has 1 aromatic heterocycles. The maximum atomic E-state index is 12.4. The monoisotopic (exact) mass is 371 g/mol. The molecule has 0 aliphatic carbocycles. The van der Waals surface area contributed by atoms with E-state index in [9.17, 15) is 9.59 Å². The zero-order valence-corrected chi connectivity index (χ0v) is 16.1. The minimum atomic E-state index is -0.406. The molecule has 25 heavy (non-hydrogen) atoms. The Labute approximate surface area is 155 Å². The van der Waals surface area contributed by atoms with E-state index in [2.05, 4.69) is 17.3 Å². The first kappa shape index (κ1) is 21.4. The highest BCUT2D eigenvalue weighted by Crippen LogP contribution is 2.18. The van der Waals surface area contributed by atoms with Crippen LogP contribution in [0, 0.1) is 11.8 Å². The molecule has 1 saturated heterocycles. The van der Waals surface area contributed by atoms with E-state index in [4.69, 9.17) is 5.73 Å². The van der Waals surface area contributed by atoms with E-state index in [1.807, 2.05) is 11.8 Å². The molecule has 0 saturated carbocycles. The fourth-order valence-corrected chi connectivity index (χ4v) is 2.94. The number of amides is 2. The second kappa shape index (κ2) is 9.77. The van der Waals surface area contributed by atoms with Crippen molar-refractivity contribution >= 4 is 24.2 Å². The molecule has 2 unspecified atom stereocenters. The molecule has 8 heteroatoms. The lowest BCUT2D eigenvalue weighted by molar-refractivity contribution is -0.135. The Hall–Kier alpha value is -1.60. The summed E-state index contributed by atoms with van der Waals surface area (Å²) >= 11 is 0. The Bertz CT molecular complexity index is 569. The number of aryl methyl sites for hydroxylation is 1. The van der Waals surface area contributed by atoms with Crippen LogP contribution in [0.15, 0.2) is 12.4 Å². The van der Waals surface area contributed by atoms with E-state index >= 15 is 0 Å². The Morgan fingerprint density at radius 3 is 2.56 bits per heavy atom. The van der Waals surface area contributed by atoms with Crippen molar-refractivity contribution in [2.45, 2.75) is 39.2 Å². The highest BCUT2D eigenvalue weighted by Gasteiger charge is 2.28. The van der Waals surface area contributed by atoms with Gasteiger partial charge in [-0.2, -0.15) is 5.10 Å². The highest BCUT2D eigenvalue weighted by molar-refractivity contribution is 5.93. The van der Waals surface area contributed by atoms with Gasteiger partial charge in [0.15, 0.2) is 0 Å². The predicted molar refractivity (Wildman–Crippen MR) is 99.5 cm³/mol. The molecule has 1 aliphatic rings. The maximum absolute atomic E-state index is 12.4. The summed E-state index contributed by atoms with van der Waals surface area (Å²) in [6.07, 6.45) is 5.96. The van der Waals surface area contributed by atoms with Crippen LogP contribution in [0.5, 0.6) is 0 Å². The molecule has 142 valence electrons. The lowest BCUT2D eigenvalue weighted by Crippen LogP contribution is -2.50. The number of halogens is 1. The maximum Gasteiger partial charge on any atom is 0.254 e. The molecule has 1 fully saturated rings. The fourth-order valence-electron chi connectivity index (χ4n) is 2.94. The lowest BCUT2D eigenvalue weighted by atomic mass is 9.94. The van der Waals surface area contributed by atoms with Gasteiger partial charge in [-0.3, -0.25) is 14.3 Å². The average molecular weight is 372 g/mol. The minimum Gasteiger partial charge on any atom is -0.352 e. The molecule has 1 aromatic rings. The van der Waals surface area contributed by atoms with E-state index < -0.39 is 6.04 Å².